The number of likely N-dealkylation sites (tertiary alicyclic amines) is 1. The van der Waals surface area contributed by atoms with Crippen LogP contribution in [0.3, 0.4) is 0 Å². The van der Waals surface area contributed by atoms with Crippen molar-refractivity contribution in [1.82, 2.24) is 24.4 Å². The number of imidazole rings is 1. The zero-order valence-electron chi connectivity index (χ0n) is 17.3. The average molecular weight is 415 g/mol. The first kappa shape index (κ1) is 19.5. The number of H-pyrrole nitrogens is 1. The van der Waals surface area contributed by atoms with Gasteiger partial charge >= 0.3 is 0 Å². The minimum atomic E-state index is -0.0547. The predicted octanol–water partition coefficient (Wildman–Crippen LogP) is 3.46. The summed E-state index contributed by atoms with van der Waals surface area (Å²) in [4.78, 5) is 39.9. The highest BCUT2D eigenvalue weighted by Crippen LogP contribution is 2.27. The summed E-state index contributed by atoms with van der Waals surface area (Å²) in [6.07, 6.45) is 4.62. The molecular formula is C24H25N5O2. The molecule has 1 N–H and O–H groups in total. The average Bonchev–Trinajstić information content (AvgIpc) is 3.25. The van der Waals surface area contributed by atoms with Crippen LogP contribution in [0, 0.1) is 0 Å². The van der Waals surface area contributed by atoms with Crippen LogP contribution in [0.1, 0.15) is 37.4 Å². The van der Waals surface area contributed by atoms with Crippen molar-refractivity contribution in [1.29, 1.82) is 0 Å². The van der Waals surface area contributed by atoms with Gasteiger partial charge in [-0.1, -0.05) is 24.3 Å². The zero-order chi connectivity index (χ0) is 21.2. The standard InChI is InChI=1S/C24H25N5O2/c30-22(12-6-14-29-16-25-19-9-2-1-8-18(19)24(29)31)28-13-5-7-17(15-28)23-26-20-10-3-4-11-21(20)27-23/h1-4,8-11,16-17H,5-7,12-15H2,(H,26,27). The number of rotatable bonds is 5. The van der Waals surface area contributed by atoms with Gasteiger partial charge in [0.05, 0.1) is 28.3 Å². The van der Waals surface area contributed by atoms with Crippen LogP contribution in [0.25, 0.3) is 21.9 Å². The predicted molar refractivity (Wildman–Crippen MR) is 120 cm³/mol. The number of hydrogen-bond acceptors (Lipinski definition) is 4. The lowest BCUT2D eigenvalue weighted by molar-refractivity contribution is -0.132. The summed E-state index contributed by atoms with van der Waals surface area (Å²) in [6.45, 7) is 1.96. The van der Waals surface area contributed by atoms with Crippen LogP contribution < -0.4 is 5.56 Å². The third-order valence-corrected chi connectivity index (χ3v) is 6.09. The number of aryl methyl sites for hydroxylation is 1. The summed E-state index contributed by atoms with van der Waals surface area (Å²) >= 11 is 0. The van der Waals surface area contributed by atoms with E-state index in [1.54, 1.807) is 17.0 Å². The van der Waals surface area contributed by atoms with E-state index in [0.717, 1.165) is 36.2 Å². The van der Waals surface area contributed by atoms with Gasteiger partial charge in [0, 0.05) is 32.0 Å². The molecule has 1 fully saturated rings. The van der Waals surface area contributed by atoms with E-state index in [0.29, 0.717) is 36.8 Å². The summed E-state index contributed by atoms with van der Waals surface area (Å²) < 4.78 is 1.60. The molecule has 4 aromatic rings. The molecule has 7 heteroatoms. The molecule has 1 aliphatic rings. The molecule has 3 heterocycles. The number of aromatic amines is 1. The number of para-hydroxylation sites is 3. The number of piperidine rings is 1. The van der Waals surface area contributed by atoms with Crippen molar-refractivity contribution in [2.75, 3.05) is 13.1 Å². The second-order valence-corrected chi connectivity index (χ2v) is 8.18. The number of nitrogens with zero attached hydrogens (tertiary/aromatic N) is 4. The molecule has 1 amide bonds. The van der Waals surface area contributed by atoms with Gasteiger partial charge in [-0.25, -0.2) is 9.97 Å². The summed E-state index contributed by atoms with van der Waals surface area (Å²) in [5.74, 6) is 1.34. The van der Waals surface area contributed by atoms with Gasteiger partial charge in [-0.2, -0.15) is 0 Å². The first-order valence-electron chi connectivity index (χ1n) is 10.9. The highest BCUT2D eigenvalue weighted by molar-refractivity contribution is 5.77. The topological polar surface area (TPSA) is 83.9 Å². The zero-order valence-corrected chi connectivity index (χ0v) is 17.3. The maximum Gasteiger partial charge on any atom is 0.261 e. The maximum atomic E-state index is 12.8. The second-order valence-electron chi connectivity index (χ2n) is 8.18. The molecule has 2 aromatic heterocycles. The van der Waals surface area contributed by atoms with E-state index in [-0.39, 0.29) is 17.4 Å². The number of carbonyl (C=O) groups excluding carboxylic acids is 1. The number of hydrogen-bond donors (Lipinski definition) is 1. The first-order valence-corrected chi connectivity index (χ1v) is 10.9. The minimum Gasteiger partial charge on any atom is -0.342 e. The minimum absolute atomic E-state index is 0.0547. The fourth-order valence-electron chi connectivity index (χ4n) is 4.42. The van der Waals surface area contributed by atoms with Crippen LogP contribution in [-0.4, -0.2) is 43.4 Å². The number of benzene rings is 2. The van der Waals surface area contributed by atoms with Gasteiger partial charge in [-0.05, 0) is 43.5 Å². The lowest BCUT2D eigenvalue weighted by Gasteiger charge is -2.32. The molecule has 0 bridgehead atoms. The number of nitrogens with one attached hydrogen (secondary N) is 1. The molecule has 1 atom stereocenters. The summed E-state index contributed by atoms with van der Waals surface area (Å²) in [5, 5.41) is 0.612. The number of amides is 1. The first-order chi connectivity index (χ1) is 15.2. The summed E-state index contributed by atoms with van der Waals surface area (Å²) in [6, 6.07) is 15.4. The van der Waals surface area contributed by atoms with Crippen molar-refractivity contribution in [3.8, 4) is 0 Å². The Labute approximate surface area is 179 Å². The maximum absolute atomic E-state index is 12.8. The Morgan fingerprint density at radius 3 is 2.77 bits per heavy atom. The van der Waals surface area contributed by atoms with E-state index in [4.69, 9.17) is 4.98 Å². The largest absolute Gasteiger partial charge is 0.342 e. The molecule has 1 unspecified atom stereocenters. The Bertz CT molecular complexity index is 1260. The van der Waals surface area contributed by atoms with E-state index < -0.39 is 0 Å². The fourth-order valence-corrected chi connectivity index (χ4v) is 4.42. The van der Waals surface area contributed by atoms with Crippen LogP contribution in [0.5, 0.6) is 0 Å². The smallest absolute Gasteiger partial charge is 0.261 e. The van der Waals surface area contributed by atoms with Gasteiger partial charge in [0.25, 0.3) is 5.56 Å². The fraction of sp³-hybridized carbons (Fsp3) is 0.333. The van der Waals surface area contributed by atoms with E-state index in [1.165, 1.54) is 0 Å². The van der Waals surface area contributed by atoms with Crippen LogP contribution in [0.4, 0.5) is 0 Å². The van der Waals surface area contributed by atoms with Crippen molar-refractivity contribution in [3.05, 3.63) is 71.0 Å². The second kappa shape index (κ2) is 8.34. The molecule has 0 radical (unpaired) electrons. The Morgan fingerprint density at radius 2 is 1.90 bits per heavy atom. The van der Waals surface area contributed by atoms with Gasteiger partial charge < -0.3 is 9.88 Å². The summed E-state index contributed by atoms with van der Waals surface area (Å²) in [7, 11) is 0. The molecule has 7 nitrogen and oxygen atoms in total. The normalized spacial score (nSPS) is 16.8. The molecule has 1 aliphatic heterocycles. The van der Waals surface area contributed by atoms with E-state index in [1.807, 2.05) is 47.4 Å². The Hall–Kier alpha value is -3.48. The van der Waals surface area contributed by atoms with Crippen molar-refractivity contribution in [2.24, 2.45) is 0 Å². The molecule has 5 rings (SSSR count). The summed E-state index contributed by atoms with van der Waals surface area (Å²) in [5.41, 5.74) is 2.65. The third kappa shape index (κ3) is 3.95. The Balaban J connectivity index is 1.20. The highest BCUT2D eigenvalue weighted by Gasteiger charge is 2.26. The molecule has 0 aliphatic carbocycles. The lowest BCUT2D eigenvalue weighted by atomic mass is 9.97. The molecule has 158 valence electrons. The molecule has 0 spiro atoms. The van der Waals surface area contributed by atoms with E-state index in [9.17, 15) is 9.59 Å². The van der Waals surface area contributed by atoms with Crippen molar-refractivity contribution >= 4 is 27.8 Å². The van der Waals surface area contributed by atoms with Gasteiger partial charge in [0.1, 0.15) is 5.82 Å². The van der Waals surface area contributed by atoms with Crippen LogP contribution >= 0.6 is 0 Å². The highest BCUT2D eigenvalue weighted by atomic mass is 16.2. The number of carbonyl (C=O) groups is 1. The van der Waals surface area contributed by atoms with Crippen LogP contribution in [-0.2, 0) is 11.3 Å². The third-order valence-electron chi connectivity index (χ3n) is 6.09. The Morgan fingerprint density at radius 1 is 1.10 bits per heavy atom. The van der Waals surface area contributed by atoms with Crippen LogP contribution in [0.2, 0.25) is 0 Å². The number of aromatic nitrogens is 4. The molecule has 1 saturated heterocycles. The van der Waals surface area contributed by atoms with Crippen molar-refractivity contribution in [2.45, 2.75) is 38.1 Å². The monoisotopic (exact) mass is 415 g/mol. The SMILES string of the molecule is O=C(CCCn1cnc2ccccc2c1=O)N1CCCC(c2nc3ccccc3[nH]2)C1. The van der Waals surface area contributed by atoms with Crippen LogP contribution in [0.15, 0.2) is 59.7 Å². The van der Waals surface area contributed by atoms with Gasteiger partial charge in [0.2, 0.25) is 5.91 Å². The number of fused-ring (bicyclic) bond motifs is 2. The van der Waals surface area contributed by atoms with Crippen molar-refractivity contribution in [3.63, 3.8) is 0 Å². The van der Waals surface area contributed by atoms with Crippen molar-refractivity contribution < 1.29 is 4.79 Å². The molecule has 2 aromatic carbocycles. The molecule has 31 heavy (non-hydrogen) atoms. The molecular weight excluding hydrogens is 390 g/mol. The lowest BCUT2D eigenvalue weighted by Crippen LogP contribution is -2.39. The van der Waals surface area contributed by atoms with Gasteiger partial charge in [-0.15, -0.1) is 0 Å². The van der Waals surface area contributed by atoms with Gasteiger partial charge in [0.15, 0.2) is 0 Å². The quantitative estimate of drug-likeness (QED) is 0.541. The molecule has 0 saturated carbocycles. The van der Waals surface area contributed by atoms with E-state index >= 15 is 0 Å². The van der Waals surface area contributed by atoms with E-state index in [2.05, 4.69) is 9.97 Å². The van der Waals surface area contributed by atoms with Gasteiger partial charge in [-0.3, -0.25) is 14.2 Å². The Kier molecular flexibility index (Phi) is 5.24.